The molecule has 2 amide bonds. The van der Waals surface area contributed by atoms with E-state index in [1.54, 1.807) is 0 Å². The Hall–Kier alpha value is -2.30. The van der Waals surface area contributed by atoms with Crippen molar-refractivity contribution in [1.82, 2.24) is 15.2 Å². The summed E-state index contributed by atoms with van der Waals surface area (Å²) in [5.41, 5.74) is 3.41. The fourth-order valence-electron chi connectivity index (χ4n) is 7.43. The summed E-state index contributed by atoms with van der Waals surface area (Å²) in [7, 11) is 0. The number of amides is 2. The quantitative estimate of drug-likeness (QED) is 0.816. The van der Waals surface area contributed by atoms with Crippen LogP contribution in [0.15, 0.2) is 24.3 Å². The molecule has 2 N–H and O–H groups in total. The number of nitrogens with zero attached hydrogens (tertiary/aromatic N) is 1. The van der Waals surface area contributed by atoms with E-state index in [0.29, 0.717) is 13.1 Å². The maximum Gasteiger partial charge on any atom is 0.245 e. The van der Waals surface area contributed by atoms with Gasteiger partial charge in [-0.1, -0.05) is 18.2 Å². The molecular formula is C25H31N3O2. The molecule has 2 aromatic rings. The van der Waals surface area contributed by atoms with Crippen LogP contribution in [0, 0.1) is 23.2 Å². The molecule has 5 heteroatoms. The summed E-state index contributed by atoms with van der Waals surface area (Å²) in [6, 6.07) is 7.84. The molecule has 1 aromatic heterocycles. The zero-order chi connectivity index (χ0) is 20.5. The van der Waals surface area contributed by atoms with Crippen molar-refractivity contribution in [1.29, 1.82) is 0 Å². The maximum atomic E-state index is 13.3. The van der Waals surface area contributed by atoms with Crippen LogP contribution in [0.2, 0.25) is 0 Å². The van der Waals surface area contributed by atoms with Gasteiger partial charge in [-0.2, -0.15) is 0 Å². The molecule has 158 valence electrons. The first-order chi connectivity index (χ1) is 14.5. The number of hydrogen-bond acceptors (Lipinski definition) is 2. The zero-order valence-electron chi connectivity index (χ0n) is 17.7. The van der Waals surface area contributed by atoms with Crippen molar-refractivity contribution in [3.63, 3.8) is 0 Å². The van der Waals surface area contributed by atoms with Crippen LogP contribution < -0.4 is 5.32 Å². The van der Waals surface area contributed by atoms with Crippen LogP contribution in [0.25, 0.3) is 10.9 Å². The molecular weight excluding hydrogens is 374 g/mol. The Morgan fingerprint density at radius 1 is 1.10 bits per heavy atom. The lowest BCUT2D eigenvalue weighted by Crippen LogP contribution is -2.57. The molecule has 4 bridgehead atoms. The Morgan fingerprint density at radius 2 is 1.77 bits per heavy atom. The molecule has 0 radical (unpaired) electrons. The average Bonchev–Trinajstić information content (AvgIpc) is 3.10. The first-order valence-electron chi connectivity index (χ1n) is 11.7. The van der Waals surface area contributed by atoms with Crippen LogP contribution in [0.5, 0.6) is 0 Å². The average molecular weight is 406 g/mol. The van der Waals surface area contributed by atoms with E-state index in [4.69, 9.17) is 0 Å². The van der Waals surface area contributed by atoms with Crippen LogP contribution in [0.1, 0.15) is 56.7 Å². The smallest absolute Gasteiger partial charge is 0.245 e. The molecule has 2 heterocycles. The predicted octanol–water partition coefficient (Wildman–Crippen LogP) is 3.77. The minimum Gasteiger partial charge on any atom is -0.358 e. The van der Waals surface area contributed by atoms with E-state index in [1.807, 2.05) is 24.0 Å². The SMILES string of the molecule is CC(NC(=O)C12CC3CC(CC(C3)C1)C2)C(=O)N1CCc2[nH]c3ccccc3c2C1. The van der Waals surface area contributed by atoms with Gasteiger partial charge in [-0.15, -0.1) is 0 Å². The third-order valence-corrected chi connectivity index (χ3v) is 8.43. The highest BCUT2D eigenvalue weighted by atomic mass is 16.2. The van der Waals surface area contributed by atoms with Crippen molar-refractivity contribution in [3.05, 3.63) is 35.5 Å². The van der Waals surface area contributed by atoms with Crippen molar-refractivity contribution < 1.29 is 9.59 Å². The Balaban J connectivity index is 1.16. The number of aromatic nitrogens is 1. The van der Waals surface area contributed by atoms with Gasteiger partial charge in [0, 0.05) is 47.1 Å². The van der Waals surface area contributed by atoms with Crippen LogP contribution in [0.4, 0.5) is 0 Å². The third-order valence-electron chi connectivity index (χ3n) is 8.43. The molecule has 30 heavy (non-hydrogen) atoms. The molecule has 1 aliphatic heterocycles. The van der Waals surface area contributed by atoms with Crippen LogP contribution >= 0.6 is 0 Å². The van der Waals surface area contributed by atoms with Gasteiger partial charge in [0.15, 0.2) is 0 Å². The lowest BCUT2D eigenvalue weighted by Gasteiger charge is -2.55. The lowest BCUT2D eigenvalue weighted by atomic mass is 9.49. The fraction of sp³-hybridized carbons (Fsp3) is 0.600. The first kappa shape index (κ1) is 18.5. The number of para-hydroxylation sites is 1. The van der Waals surface area contributed by atoms with Crippen LogP contribution in [0.3, 0.4) is 0 Å². The van der Waals surface area contributed by atoms with Gasteiger partial charge in [0.05, 0.1) is 0 Å². The first-order valence-corrected chi connectivity index (χ1v) is 11.7. The Morgan fingerprint density at radius 3 is 2.47 bits per heavy atom. The maximum absolute atomic E-state index is 13.3. The van der Waals surface area contributed by atoms with Gasteiger partial charge >= 0.3 is 0 Å². The summed E-state index contributed by atoms with van der Waals surface area (Å²) < 4.78 is 0. The van der Waals surface area contributed by atoms with Gasteiger partial charge in [0.25, 0.3) is 0 Å². The molecule has 0 saturated heterocycles. The standard InChI is InChI=1S/C25H31N3O2/c1-15(26-24(30)25-11-16-8-17(12-25)10-18(9-16)13-25)23(29)28-7-6-22-20(14-28)19-4-2-3-5-21(19)27-22/h2-5,15-18,27H,6-14H2,1H3,(H,26,30). The van der Waals surface area contributed by atoms with E-state index in [9.17, 15) is 9.59 Å². The van der Waals surface area contributed by atoms with Crippen molar-refractivity contribution in [2.75, 3.05) is 6.54 Å². The topological polar surface area (TPSA) is 65.2 Å². The normalized spacial score (nSPS) is 32.8. The summed E-state index contributed by atoms with van der Waals surface area (Å²) in [4.78, 5) is 32.0. The van der Waals surface area contributed by atoms with Crippen molar-refractivity contribution >= 4 is 22.7 Å². The Labute approximate surface area is 177 Å². The number of benzene rings is 1. The monoisotopic (exact) mass is 405 g/mol. The highest BCUT2D eigenvalue weighted by molar-refractivity contribution is 5.91. The number of fused-ring (bicyclic) bond motifs is 3. The molecule has 7 rings (SSSR count). The van der Waals surface area contributed by atoms with Gasteiger partial charge in [-0.25, -0.2) is 0 Å². The van der Waals surface area contributed by atoms with E-state index in [0.717, 1.165) is 49.0 Å². The Bertz CT molecular complexity index is 987. The lowest BCUT2D eigenvalue weighted by molar-refractivity contribution is -0.149. The number of carbonyl (C=O) groups excluding carboxylic acids is 2. The molecule has 4 saturated carbocycles. The second-order valence-corrected chi connectivity index (χ2v) is 10.5. The zero-order valence-corrected chi connectivity index (χ0v) is 17.7. The number of carbonyl (C=O) groups is 2. The van der Waals surface area contributed by atoms with Gasteiger partial charge in [-0.05, 0) is 69.3 Å². The van der Waals surface area contributed by atoms with Gasteiger partial charge in [-0.3, -0.25) is 9.59 Å². The second-order valence-electron chi connectivity index (χ2n) is 10.5. The van der Waals surface area contributed by atoms with Gasteiger partial charge in [0.1, 0.15) is 6.04 Å². The number of rotatable bonds is 3. The van der Waals surface area contributed by atoms with Gasteiger partial charge < -0.3 is 15.2 Å². The summed E-state index contributed by atoms with van der Waals surface area (Å²) in [5.74, 6) is 2.39. The van der Waals surface area contributed by atoms with Crippen LogP contribution in [-0.2, 0) is 22.6 Å². The van der Waals surface area contributed by atoms with E-state index in [1.165, 1.54) is 35.9 Å². The molecule has 1 atom stereocenters. The molecule has 0 spiro atoms. The summed E-state index contributed by atoms with van der Waals surface area (Å²) >= 11 is 0. The van der Waals surface area contributed by atoms with Crippen molar-refractivity contribution in [3.8, 4) is 0 Å². The molecule has 1 unspecified atom stereocenters. The highest BCUT2D eigenvalue weighted by Gasteiger charge is 2.54. The third kappa shape index (κ3) is 2.81. The summed E-state index contributed by atoms with van der Waals surface area (Å²) in [6.07, 6.45) is 7.91. The van der Waals surface area contributed by atoms with E-state index >= 15 is 0 Å². The molecule has 1 aromatic carbocycles. The number of H-pyrrole nitrogens is 1. The summed E-state index contributed by atoms with van der Waals surface area (Å²) in [6.45, 7) is 3.19. The fourth-order valence-corrected chi connectivity index (χ4v) is 7.43. The summed E-state index contributed by atoms with van der Waals surface area (Å²) in [5, 5.41) is 4.35. The minimum atomic E-state index is -0.461. The predicted molar refractivity (Wildman–Crippen MR) is 116 cm³/mol. The second kappa shape index (κ2) is 6.60. The number of aromatic amines is 1. The molecule has 5 aliphatic rings. The molecule has 4 fully saturated rings. The molecule has 5 nitrogen and oxygen atoms in total. The van der Waals surface area contributed by atoms with Crippen LogP contribution in [-0.4, -0.2) is 34.3 Å². The van der Waals surface area contributed by atoms with E-state index < -0.39 is 6.04 Å². The van der Waals surface area contributed by atoms with Crippen molar-refractivity contribution in [2.24, 2.45) is 23.2 Å². The minimum absolute atomic E-state index is 0.0454. The van der Waals surface area contributed by atoms with Gasteiger partial charge in [0.2, 0.25) is 11.8 Å². The number of nitrogens with one attached hydrogen (secondary N) is 2. The largest absolute Gasteiger partial charge is 0.358 e. The van der Waals surface area contributed by atoms with E-state index in [-0.39, 0.29) is 17.2 Å². The Kier molecular flexibility index (Phi) is 4.06. The molecule has 4 aliphatic carbocycles. The highest BCUT2D eigenvalue weighted by Crippen LogP contribution is 2.60. The van der Waals surface area contributed by atoms with E-state index in [2.05, 4.69) is 22.4 Å². The van der Waals surface area contributed by atoms with Crippen molar-refractivity contribution in [2.45, 2.75) is 64.5 Å². The number of hydrogen-bond donors (Lipinski definition) is 2.